The Morgan fingerprint density at radius 3 is 2.62 bits per heavy atom. The molecule has 2 aliphatic rings. The molecule has 2 aromatic heterocycles. The van der Waals surface area contributed by atoms with Crippen LogP contribution in [0, 0.1) is 5.92 Å². The maximum atomic E-state index is 12.6. The van der Waals surface area contributed by atoms with E-state index in [4.69, 9.17) is 4.74 Å². The van der Waals surface area contributed by atoms with Crippen LogP contribution in [0.5, 0.6) is 0 Å². The van der Waals surface area contributed by atoms with E-state index in [0.29, 0.717) is 43.4 Å². The van der Waals surface area contributed by atoms with Crippen molar-refractivity contribution in [3.05, 3.63) is 18.6 Å². The molecule has 0 N–H and O–H groups in total. The van der Waals surface area contributed by atoms with Gasteiger partial charge in [0.25, 0.3) is 0 Å². The molecule has 0 bridgehead atoms. The van der Waals surface area contributed by atoms with E-state index in [1.807, 2.05) is 0 Å². The third kappa shape index (κ3) is 3.09. The minimum atomic E-state index is -3.45. The molecule has 1 atom stereocenters. The van der Waals surface area contributed by atoms with Crippen molar-refractivity contribution in [2.24, 2.45) is 5.92 Å². The second-order valence-corrected chi connectivity index (χ2v) is 9.23. The highest BCUT2D eigenvalue weighted by atomic mass is 32.2. The minimum Gasteiger partial charge on any atom is -0.548 e. The molecule has 140 valence electrons. The van der Waals surface area contributed by atoms with Gasteiger partial charge in [0.05, 0.1) is 40.1 Å². The molecule has 0 unspecified atom stereocenters. The zero-order chi connectivity index (χ0) is 18.3. The average molecular weight is 378 g/mol. The van der Waals surface area contributed by atoms with Gasteiger partial charge in [0.1, 0.15) is 0 Å². The molecule has 0 aromatic carbocycles. The Morgan fingerprint density at radius 2 is 1.96 bits per heavy atom. The predicted molar refractivity (Wildman–Crippen MR) is 89.9 cm³/mol. The summed E-state index contributed by atoms with van der Waals surface area (Å²) in [7, 11) is -3.45. The standard InChI is InChI=1S/C17H21N3O5S/c21-17(22)14(7-11-3-5-25-6-4-11)20-15-9-18-10-16(13(15)8-19-20)26(23,24)12-1-2-12/h8-12,14H,1-7H2,(H,21,22)/p-1/t14-/m0/s1. The number of ether oxygens (including phenoxy) is 1. The highest BCUT2D eigenvalue weighted by Gasteiger charge is 2.38. The number of aliphatic carboxylic acids is 1. The van der Waals surface area contributed by atoms with E-state index in [-0.39, 0.29) is 16.1 Å². The number of carboxylic acids is 1. The van der Waals surface area contributed by atoms with E-state index >= 15 is 0 Å². The lowest BCUT2D eigenvalue weighted by atomic mass is 9.92. The van der Waals surface area contributed by atoms with E-state index in [9.17, 15) is 18.3 Å². The molecule has 8 nitrogen and oxygen atoms in total. The van der Waals surface area contributed by atoms with Crippen molar-refractivity contribution in [1.82, 2.24) is 14.8 Å². The first-order valence-corrected chi connectivity index (χ1v) is 10.4. The zero-order valence-electron chi connectivity index (χ0n) is 14.2. The lowest BCUT2D eigenvalue weighted by Crippen LogP contribution is -2.36. The van der Waals surface area contributed by atoms with Crippen LogP contribution in [-0.2, 0) is 19.4 Å². The number of nitrogens with zero attached hydrogens (tertiary/aromatic N) is 3. The van der Waals surface area contributed by atoms with Crippen molar-refractivity contribution >= 4 is 26.7 Å². The summed E-state index contributed by atoms with van der Waals surface area (Å²) in [6.45, 7) is 1.24. The molecule has 4 rings (SSSR count). The highest BCUT2D eigenvalue weighted by molar-refractivity contribution is 7.92. The van der Waals surface area contributed by atoms with Crippen LogP contribution in [0.15, 0.2) is 23.5 Å². The summed E-state index contributed by atoms with van der Waals surface area (Å²) in [4.78, 5) is 15.9. The first kappa shape index (κ1) is 17.4. The fourth-order valence-electron chi connectivity index (χ4n) is 3.56. The molecule has 1 aliphatic carbocycles. The van der Waals surface area contributed by atoms with Crippen LogP contribution < -0.4 is 5.11 Å². The molecule has 1 saturated carbocycles. The van der Waals surface area contributed by atoms with Gasteiger partial charge in [-0.2, -0.15) is 5.10 Å². The minimum absolute atomic E-state index is 0.131. The summed E-state index contributed by atoms with van der Waals surface area (Å²) in [6, 6.07) is -0.962. The van der Waals surface area contributed by atoms with E-state index in [1.54, 1.807) is 0 Å². The lowest BCUT2D eigenvalue weighted by molar-refractivity contribution is -0.311. The van der Waals surface area contributed by atoms with Crippen molar-refractivity contribution in [3.8, 4) is 0 Å². The number of fused-ring (bicyclic) bond motifs is 1. The fourth-order valence-corrected chi connectivity index (χ4v) is 5.35. The highest BCUT2D eigenvalue weighted by Crippen LogP contribution is 2.36. The summed E-state index contributed by atoms with van der Waals surface area (Å²) in [6.07, 6.45) is 7.48. The van der Waals surface area contributed by atoms with Crippen LogP contribution in [0.25, 0.3) is 10.9 Å². The van der Waals surface area contributed by atoms with Crippen molar-refractivity contribution in [2.75, 3.05) is 13.2 Å². The predicted octanol–water partition coefficient (Wildman–Crippen LogP) is 0.475. The molecule has 3 heterocycles. The number of pyridine rings is 1. The Morgan fingerprint density at radius 1 is 1.23 bits per heavy atom. The van der Waals surface area contributed by atoms with Crippen molar-refractivity contribution in [1.29, 1.82) is 0 Å². The van der Waals surface area contributed by atoms with E-state index < -0.39 is 21.8 Å². The molecule has 1 aliphatic heterocycles. The quantitative estimate of drug-likeness (QED) is 0.718. The molecule has 0 spiro atoms. The van der Waals surface area contributed by atoms with E-state index in [0.717, 1.165) is 12.8 Å². The summed E-state index contributed by atoms with van der Waals surface area (Å²) >= 11 is 0. The summed E-state index contributed by atoms with van der Waals surface area (Å²) in [5.74, 6) is -1.02. The number of carbonyl (C=O) groups is 1. The Balaban J connectivity index is 1.72. The molecule has 1 saturated heterocycles. The third-order valence-electron chi connectivity index (χ3n) is 5.22. The number of rotatable bonds is 6. The van der Waals surface area contributed by atoms with Crippen molar-refractivity contribution < 1.29 is 23.1 Å². The monoisotopic (exact) mass is 378 g/mol. The Hall–Kier alpha value is -2.00. The fraction of sp³-hybridized carbons (Fsp3) is 0.588. The molecular formula is C17H20N3O5S-. The molecule has 2 fully saturated rings. The average Bonchev–Trinajstić information content (AvgIpc) is 3.41. The number of carbonyl (C=O) groups excluding carboxylic acids is 1. The van der Waals surface area contributed by atoms with Gasteiger partial charge in [0.15, 0.2) is 9.84 Å². The van der Waals surface area contributed by atoms with E-state index in [1.165, 1.54) is 23.3 Å². The van der Waals surface area contributed by atoms with Gasteiger partial charge >= 0.3 is 0 Å². The number of hydrogen-bond acceptors (Lipinski definition) is 7. The molecule has 9 heteroatoms. The second kappa shape index (κ2) is 6.62. The summed E-state index contributed by atoms with van der Waals surface area (Å²) in [5.41, 5.74) is 0.410. The molecule has 2 aromatic rings. The Kier molecular flexibility index (Phi) is 4.44. The number of hydrogen-bond donors (Lipinski definition) is 0. The van der Waals surface area contributed by atoms with Crippen LogP contribution in [0.2, 0.25) is 0 Å². The molecule has 0 radical (unpaired) electrons. The van der Waals surface area contributed by atoms with Gasteiger partial charge in [-0.3, -0.25) is 9.67 Å². The smallest absolute Gasteiger partial charge is 0.183 e. The molecule has 26 heavy (non-hydrogen) atoms. The second-order valence-electron chi connectivity index (χ2n) is 7.03. The maximum Gasteiger partial charge on any atom is 0.183 e. The van der Waals surface area contributed by atoms with Crippen LogP contribution in [-0.4, -0.2) is 47.6 Å². The van der Waals surface area contributed by atoms with Crippen molar-refractivity contribution in [2.45, 2.75) is 48.3 Å². The Bertz CT molecular complexity index is 929. The topological polar surface area (TPSA) is 114 Å². The van der Waals surface area contributed by atoms with Crippen molar-refractivity contribution in [3.63, 3.8) is 0 Å². The number of aromatic nitrogens is 3. The zero-order valence-corrected chi connectivity index (χ0v) is 15.0. The Labute approximate surface area is 151 Å². The van der Waals surface area contributed by atoms with Gasteiger partial charge in [-0.25, -0.2) is 8.42 Å². The van der Waals surface area contributed by atoms with Crippen LogP contribution in [0.4, 0.5) is 0 Å². The lowest BCUT2D eigenvalue weighted by Gasteiger charge is -2.27. The van der Waals surface area contributed by atoms with Crippen LogP contribution >= 0.6 is 0 Å². The third-order valence-corrected chi connectivity index (χ3v) is 7.51. The van der Waals surface area contributed by atoms with Gasteiger partial charge in [-0.05, 0) is 38.0 Å². The van der Waals surface area contributed by atoms with Crippen LogP contribution in [0.1, 0.15) is 38.1 Å². The maximum absolute atomic E-state index is 12.6. The van der Waals surface area contributed by atoms with Gasteiger partial charge in [-0.1, -0.05) is 0 Å². The first-order valence-electron chi connectivity index (χ1n) is 8.82. The largest absolute Gasteiger partial charge is 0.548 e. The number of carboxylic acid groups (broad SMARTS) is 1. The normalized spacial score (nSPS) is 20.3. The molecular weight excluding hydrogens is 358 g/mol. The van der Waals surface area contributed by atoms with Gasteiger partial charge < -0.3 is 14.6 Å². The molecule has 0 amide bonds. The van der Waals surface area contributed by atoms with Gasteiger partial charge in [0.2, 0.25) is 0 Å². The SMILES string of the molecule is O=C([O-])[C@H](CC1CCOCC1)n1ncc2c(S(=O)(=O)C3CC3)cncc21. The van der Waals surface area contributed by atoms with Crippen LogP contribution in [0.3, 0.4) is 0 Å². The number of sulfone groups is 1. The summed E-state index contributed by atoms with van der Waals surface area (Å²) < 4.78 is 31.9. The van der Waals surface area contributed by atoms with E-state index in [2.05, 4.69) is 10.1 Å². The summed E-state index contributed by atoms with van der Waals surface area (Å²) in [5, 5.41) is 16.0. The first-order chi connectivity index (χ1) is 12.5. The van der Waals surface area contributed by atoms with Gasteiger partial charge in [-0.15, -0.1) is 0 Å². The van der Waals surface area contributed by atoms with Gasteiger partial charge in [0, 0.05) is 24.8 Å².